The molecule has 2 saturated heterocycles. The Hall–Kier alpha value is -3.05. The fourth-order valence-electron chi connectivity index (χ4n) is 4.70. The summed E-state index contributed by atoms with van der Waals surface area (Å²) in [6.45, 7) is 6.03. The highest BCUT2D eigenvalue weighted by molar-refractivity contribution is 8.26. The summed E-state index contributed by atoms with van der Waals surface area (Å²) in [6, 6.07) is 13.7. The molecule has 0 radical (unpaired) electrons. The van der Waals surface area contributed by atoms with Crippen molar-refractivity contribution in [1.29, 1.82) is 0 Å². The maximum absolute atomic E-state index is 13.7. The summed E-state index contributed by atoms with van der Waals surface area (Å²) in [5, 5.41) is 9.29. The van der Waals surface area contributed by atoms with E-state index in [1.165, 1.54) is 11.8 Å². The highest BCUT2D eigenvalue weighted by Gasteiger charge is 2.33. The second-order valence-corrected chi connectivity index (χ2v) is 10.8. The second kappa shape index (κ2) is 11.1. The molecule has 37 heavy (non-hydrogen) atoms. The molecule has 1 aromatic carbocycles. The van der Waals surface area contributed by atoms with Gasteiger partial charge in [-0.1, -0.05) is 60.4 Å². The Morgan fingerprint density at radius 2 is 1.81 bits per heavy atom. The largest absolute Gasteiger partial charge is 0.395 e. The Kier molecular flexibility index (Phi) is 7.71. The molecule has 0 unspecified atom stereocenters. The minimum absolute atomic E-state index is 0.117. The van der Waals surface area contributed by atoms with Crippen LogP contribution in [0, 0.1) is 6.92 Å². The van der Waals surface area contributed by atoms with E-state index in [0.29, 0.717) is 58.9 Å². The molecular weight excluding hydrogens is 506 g/mol. The quantitative estimate of drug-likeness (QED) is 0.365. The van der Waals surface area contributed by atoms with Gasteiger partial charge in [0.2, 0.25) is 0 Å². The zero-order chi connectivity index (χ0) is 25.9. The number of thioether (sulfide) groups is 1. The molecule has 0 atom stereocenters. The van der Waals surface area contributed by atoms with Crippen molar-refractivity contribution in [1.82, 2.24) is 19.2 Å². The van der Waals surface area contributed by atoms with Crippen LogP contribution in [0.4, 0.5) is 5.82 Å². The standard InChI is InChI=1S/C27H29N5O3S2/c1-19-6-5-10-31-23(19)28-24(30-14-12-29(13-15-30)16-17-33)21(25(31)34)18-22-26(35)32(27(36)37-22)11-9-20-7-3-2-4-8-20/h2-8,10,18,33H,9,11-17H2,1H3. The van der Waals surface area contributed by atoms with Crippen molar-refractivity contribution in [2.24, 2.45) is 0 Å². The Morgan fingerprint density at radius 3 is 2.54 bits per heavy atom. The maximum atomic E-state index is 13.7. The van der Waals surface area contributed by atoms with Crippen LogP contribution in [0.15, 0.2) is 58.4 Å². The lowest BCUT2D eigenvalue weighted by Crippen LogP contribution is -2.48. The number of aryl methyl sites for hydroxylation is 1. The van der Waals surface area contributed by atoms with Crippen molar-refractivity contribution >= 4 is 51.7 Å². The summed E-state index contributed by atoms with van der Waals surface area (Å²) in [5.74, 6) is 0.399. The van der Waals surface area contributed by atoms with Gasteiger partial charge in [-0.15, -0.1) is 0 Å². The molecule has 8 nitrogen and oxygen atoms in total. The van der Waals surface area contributed by atoms with Gasteiger partial charge in [0.25, 0.3) is 11.5 Å². The summed E-state index contributed by atoms with van der Waals surface area (Å²) >= 11 is 6.77. The van der Waals surface area contributed by atoms with Crippen LogP contribution < -0.4 is 10.5 Å². The minimum atomic E-state index is -0.212. The molecule has 2 aliphatic heterocycles. The Balaban J connectivity index is 1.49. The normalized spacial score (nSPS) is 17.9. The second-order valence-electron chi connectivity index (χ2n) is 9.16. The highest BCUT2D eigenvalue weighted by atomic mass is 32.2. The van der Waals surface area contributed by atoms with E-state index in [9.17, 15) is 14.7 Å². The van der Waals surface area contributed by atoms with Crippen LogP contribution in [0.5, 0.6) is 0 Å². The van der Waals surface area contributed by atoms with Crippen molar-refractivity contribution in [2.45, 2.75) is 13.3 Å². The van der Waals surface area contributed by atoms with Crippen molar-refractivity contribution in [3.63, 3.8) is 0 Å². The molecule has 10 heteroatoms. The molecule has 0 aliphatic carbocycles. The Labute approximate surface area is 225 Å². The molecule has 4 heterocycles. The number of rotatable bonds is 7. The fraction of sp³-hybridized carbons (Fsp3) is 0.333. The molecule has 2 aliphatic rings. The van der Waals surface area contributed by atoms with E-state index >= 15 is 0 Å². The predicted molar refractivity (Wildman–Crippen MR) is 152 cm³/mol. The monoisotopic (exact) mass is 535 g/mol. The molecule has 1 N–H and O–H groups in total. The molecular formula is C27H29N5O3S2. The molecule has 192 valence electrons. The van der Waals surface area contributed by atoms with Gasteiger partial charge in [0, 0.05) is 45.5 Å². The van der Waals surface area contributed by atoms with Crippen LogP contribution in [-0.2, 0) is 11.2 Å². The van der Waals surface area contributed by atoms with Crippen LogP contribution in [0.25, 0.3) is 11.7 Å². The number of fused-ring (bicyclic) bond motifs is 1. The van der Waals surface area contributed by atoms with Gasteiger partial charge in [0.05, 0.1) is 17.1 Å². The minimum Gasteiger partial charge on any atom is -0.395 e. The van der Waals surface area contributed by atoms with Crippen LogP contribution in [0.1, 0.15) is 16.7 Å². The van der Waals surface area contributed by atoms with Gasteiger partial charge < -0.3 is 10.0 Å². The van der Waals surface area contributed by atoms with Crippen LogP contribution in [0.2, 0.25) is 0 Å². The number of pyridine rings is 1. The van der Waals surface area contributed by atoms with Crippen molar-refractivity contribution < 1.29 is 9.90 Å². The number of aromatic nitrogens is 2. The van der Waals surface area contributed by atoms with Gasteiger partial charge in [-0.05, 0) is 36.6 Å². The maximum Gasteiger partial charge on any atom is 0.267 e. The van der Waals surface area contributed by atoms with E-state index in [2.05, 4.69) is 9.80 Å². The van der Waals surface area contributed by atoms with Gasteiger partial charge in [0.1, 0.15) is 15.8 Å². The van der Waals surface area contributed by atoms with E-state index in [1.807, 2.05) is 49.4 Å². The van der Waals surface area contributed by atoms with Gasteiger partial charge in [-0.3, -0.25) is 23.8 Å². The average molecular weight is 536 g/mol. The van der Waals surface area contributed by atoms with Crippen LogP contribution in [-0.4, -0.2) is 80.4 Å². The lowest BCUT2D eigenvalue weighted by molar-refractivity contribution is -0.122. The van der Waals surface area contributed by atoms with Gasteiger partial charge >= 0.3 is 0 Å². The third-order valence-electron chi connectivity index (χ3n) is 6.77. The number of hydrogen-bond acceptors (Lipinski definition) is 8. The summed E-state index contributed by atoms with van der Waals surface area (Å²) in [7, 11) is 0. The van der Waals surface area contributed by atoms with Crippen molar-refractivity contribution in [3.05, 3.63) is 80.6 Å². The lowest BCUT2D eigenvalue weighted by atomic mass is 10.1. The number of thiocarbonyl (C=S) groups is 1. The SMILES string of the molecule is Cc1cccn2c(=O)c(C=C3SC(=S)N(CCc4ccccc4)C3=O)c(N3CCN(CCO)CC3)nc12. The van der Waals surface area contributed by atoms with Gasteiger partial charge in [0.15, 0.2) is 0 Å². The van der Waals surface area contributed by atoms with E-state index in [1.54, 1.807) is 21.6 Å². The molecule has 3 aromatic rings. The number of hydrogen-bond donors (Lipinski definition) is 1. The summed E-state index contributed by atoms with van der Waals surface area (Å²) in [5.41, 5.74) is 2.82. The van der Waals surface area contributed by atoms with E-state index in [0.717, 1.165) is 24.2 Å². The first-order valence-electron chi connectivity index (χ1n) is 12.4. The molecule has 2 fully saturated rings. The average Bonchev–Trinajstić information content (AvgIpc) is 3.18. The van der Waals surface area contributed by atoms with Crippen LogP contribution in [0.3, 0.4) is 0 Å². The molecule has 0 saturated carbocycles. The first-order valence-corrected chi connectivity index (χ1v) is 13.6. The number of nitrogens with zero attached hydrogens (tertiary/aromatic N) is 5. The third kappa shape index (κ3) is 5.33. The molecule has 2 aromatic heterocycles. The zero-order valence-electron chi connectivity index (χ0n) is 20.7. The van der Waals surface area contributed by atoms with Crippen molar-refractivity contribution in [2.75, 3.05) is 50.8 Å². The zero-order valence-corrected chi connectivity index (χ0v) is 22.3. The summed E-state index contributed by atoms with van der Waals surface area (Å²) in [4.78, 5) is 38.3. The van der Waals surface area contributed by atoms with E-state index in [-0.39, 0.29) is 18.1 Å². The van der Waals surface area contributed by atoms with E-state index < -0.39 is 0 Å². The molecule has 5 rings (SSSR count). The number of β-amino-alcohol motifs (C(OH)–C–C–N with tert-alkyl or cyclic N) is 1. The first-order chi connectivity index (χ1) is 18.0. The summed E-state index contributed by atoms with van der Waals surface area (Å²) in [6.07, 6.45) is 4.08. The number of aliphatic hydroxyl groups is 1. The van der Waals surface area contributed by atoms with Crippen molar-refractivity contribution in [3.8, 4) is 0 Å². The molecule has 1 amide bonds. The van der Waals surface area contributed by atoms with Gasteiger partial charge in [-0.2, -0.15) is 0 Å². The van der Waals surface area contributed by atoms with Crippen LogP contribution >= 0.6 is 24.0 Å². The lowest BCUT2D eigenvalue weighted by Gasteiger charge is -2.35. The Bertz CT molecular complexity index is 1410. The number of benzene rings is 1. The summed E-state index contributed by atoms with van der Waals surface area (Å²) < 4.78 is 2.04. The number of piperazine rings is 1. The fourth-order valence-corrected chi connectivity index (χ4v) is 5.99. The highest BCUT2D eigenvalue weighted by Crippen LogP contribution is 2.34. The number of amides is 1. The number of aliphatic hydroxyl groups excluding tert-OH is 1. The number of carbonyl (C=O) groups excluding carboxylic acids is 1. The van der Waals surface area contributed by atoms with E-state index in [4.69, 9.17) is 17.2 Å². The number of anilines is 1. The predicted octanol–water partition coefficient (Wildman–Crippen LogP) is 2.56. The Morgan fingerprint density at radius 1 is 1.05 bits per heavy atom. The number of carbonyl (C=O) groups is 1. The molecule has 0 spiro atoms. The van der Waals surface area contributed by atoms with Gasteiger partial charge in [-0.25, -0.2) is 4.98 Å². The topological polar surface area (TPSA) is 81.4 Å². The third-order valence-corrected chi connectivity index (χ3v) is 8.15. The smallest absolute Gasteiger partial charge is 0.267 e. The first kappa shape index (κ1) is 25.6. The molecule has 0 bridgehead atoms.